The van der Waals surface area contributed by atoms with E-state index >= 15 is 0 Å². The molecule has 0 aromatic heterocycles. The Morgan fingerprint density at radius 2 is 1.71 bits per heavy atom. The molecule has 0 aromatic rings. The molecular formula is C6H7Ru. The van der Waals surface area contributed by atoms with Crippen LogP contribution >= 0.6 is 0 Å². The summed E-state index contributed by atoms with van der Waals surface area (Å²) in [7, 11) is 0. The Balaban J connectivity index is 2.77. The summed E-state index contributed by atoms with van der Waals surface area (Å²) in [6.45, 7) is 2.16. The first kappa shape index (κ1) is 5.24. The maximum atomic E-state index is 2.67. The van der Waals surface area contributed by atoms with Crippen LogP contribution in [-0.2, 0) is 18.3 Å². The number of rotatable bonds is 0. The van der Waals surface area contributed by atoms with E-state index in [1.807, 2.05) is 0 Å². The average Bonchev–Trinajstić information content (AvgIpc) is 1.84. The molecule has 0 atom stereocenters. The fraction of sp³-hybridized carbons (Fsp3) is 0.333. The van der Waals surface area contributed by atoms with E-state index in [4.69, 9.17) is 0 Å². The summed E-state index contributed by atoms with van der Waals surface area (Å²) in [6.07, 6.45) is 8.44. The van der Waals surface area contributed by atoms with Crippen LogP contribution in [0.15, 0.2) is 24.3 Å². The van der Waals surface area contributed by atoms with E-state index in [9.17, 15) is 0 Å². The number of hydrogen-bond donors (Lipinski definition) is 0. The van der Waals surface area contributed by atoms with Crippen molar-refractivity contribution in [2.24, 2.45) is 0 Å². The standard InChI is InChI=1S/C6H7.Ru/c1-6-4-2-3-5-6;/h2-5H,1H3;. The summed E-state index contributed by atoms with van der Waals surface area (Å²) in [4.78, 5) is 0. The van der Waals surface area contributed by atoms with Crippen LogP contribution in [0.1, 0.15) is 6.92 Å². The number of allylic oxidation sites excluding steroid dienone is 4. The van der Waals surface area contributed by atoms with Gasteiger partial charge in [0.15, 0.2) is 0 Å². The molecule has 1 aliphatic rings. The van der Waals surface area contributed by atoms with Gasteiger partial charge in [-0.2, -0.15) is 0 Å². The first-order valence-corrected chi connectivity index (χ1v) is 3.12. The summed E-state index contributed by atoms with van der Waals surface area (Å²) < 4.78 is 0.263. The molecule has 0 spiro atoms. The first-order valence-electron chi connectivity index (χ1n) is 2.25. The van der Waals surface area contributed by atoms with Gasteiger partial charge in [0, 0.05) is 0 Å². The van der Waals surface area contributed by atoms with Crippen LogP contribution in [0.5, 0.6) is 0 Å². The van der Waals surface area contributed by atoms with Crippen LogP contribution in [0.4, 0.5) is 0 Å². The molecule has 0 N–H and O–H groups in total. The predicted octanol–water partition coefficient (Wildman–Crippen LogP) is 1.84. The van der Waals surface area contributed by atoms with Gasteiger partial charge in [-0.15, -0.1) is 0 Å². The topological polar surface area (TPSA) is 0 Å². The molecule has 0 bridgehead atoms. The Morgan fingerprint density at radius 3 is 1.86 bits per heavy atom. The quantitative estimate of drug-likeness (QED) is 0.499. The molecule has 0 fully saturated rings. The van der Waals surface area contributed by atoms with Crippen LogP contribution in [0.2, 0.25) is 4.01 Å². The summed E-state index contributed by atoms with van der Waals surface area (Å²) in [6, 6.07) is 0. The second kappa shape index (κ2) is 1.56. The van der Waals surface area contributed by atoms with Crippen LogP contribution in [0.3, 0.4) is 0 Å². The van der Waals surface area contributed by atoms with Crippen molar-refractivity contribution in [1.29, 1.82) is 0 Å². The molecule has 0 radical (unpaired) electrons. The van der Waals surface area contributed by atoms with Gasteiger partial charge in [0.25, 0.3) is 0 Å². The maximum absolute atomic E-state index is 2.67. The van der Waals surface area contributed by atoms with E-state index in [2.05, 4.69) is 49.5 Å². The molecule has 0 aliphatic heterocycles. The minimum absolute atomic E-state index is 0.263. The van der Waals surface area contributed by atoms with Gasteiger partial charge in [-0.3, -0.25) is 0 Å². The van der Waals surface area contributed by atoms with E-state index in [0.29, 0.717) is 0 Å². The Hall–Kier alpha value is 0.103. The molecule has 0 nitrogen and oxygen atoms in total. The van der Waals surface area contributed by atoms with Gasteiger partial charge < -0.3 is 0 Å². The van der Waals surface area contributed by atoms with E-state index in [-0.39, 0.29) is 4.01 Å². The molecule has 0 unspecified atom stereocenters. The fourth-order valence-electron chi connectivity index (χ4n) is 0.538. The molecule has 0 aromatic carbocycles. The van der Waals surface area contributed by atoms with Crippen LogP contribution in [-0.4, -0.2) is 0 Å². The van der Waals surface area contributed by atoms with Crippen LogP contribution in [0, 0.1) is 0 Å². The first-order chi connectivity index (χ1) is 3.21. The zero-order valence-electron chi connectivity index (χ0n) is 4.16. The third-order valence-electron chi connectivity index (χ3n) is 0.947. The molecule has 39 valence electrons. The summed E-state index contributed by atoms with van der Waals surface area (Å²) in [5, 5.41) is 0. The third-order valence-corrected chi connectivity index (χ3v) is 1.53. The molecule has 0 heterocycles. The van der Waals surface area contributed by atoms with Crippen molar-refractivity contribution in [1.82, 2.24) is 0 Å². The van der Waals surface area contributed by atoms with Crippen molar-refractivity contribution in [2.75, 3.05) is 0 Å². The molecular weight excluding hydrogens is 173 g/mol. The predicted molar refractivity (Wildman–Crippen MR) is 26.6 cm³/mol. The second-order valence-electron chi connectivity index (χ2n) is 1.84. The molecule has 0 amide bonds. The summed E-state index contributed by atoms with van der Waals surface area (Å²) in [5.41, 5.74) is 0. The van der Waals surface area contributed by atoms with E-state index < -0.39 is 0 Å². The Morgan fingerprint density at radius 1 is 1.29 bits per heavy atom. The normalized spacial score (nSPS) is 23.7. The van der Waals surface area contributed by atoms with Crippen LogP contribution < -0.4 is 0 Å². The van der Waals surface area contributed by atoms with Gasteiger partial charge in [-0.1, -0.05) is 0 Å². The summed E-state index contributed by atoms with van der Waals surface area (Å²) in [5.74, 6) is 0. The van der Waals surface area contributed by atoms with E-state index in [1.54, 1.807) is 0 Å². The fourth-order valence-corrected chi connectivity index (χ4v) is 0.873. The summed E-state index contributed by atoms with van der Waals surface area (Å²) >= 11 is 2.67. The van der Waals surface area contributed by atoms with Gasteiger partial charge in [0.2, 0.25) is 0 Å². The van der Waals surface area contributed by atoms with Crippen LogP contribution in [0.25, 0.3) is 0 Å². The molecule has 0 saturated carbocycles. The van der Waals surface area contributed by atoms with Crippen molar-refractivity contribution in [3.05, 3.63) is 24.3 Å². The molecule has 7 heavy (non-hydrogen) atoms. The van der Waals surface area contributed by atoms with Crippen molar-refractivity contribution >= 4 is 0 Å². The van der Waals surface area contributed by atoms with Crippen molar-refractivity contribution in [2.45, 2.75) is 10.9 Å². The van der Waals surface area contributed by atoms with Gasteiger partial charge in [0.1, 0.15) is 0 Å². The Bertz CT molecular complexity index is 106. The molecule has 1 rings (SSSR count). The monoisotopic (exact) mass is 181 g/mol. The van der Waals surface area contributed by atoms with Gasteiger partial charge in [-0.05, 0) is 0 Å². The van der Waals surface area contributed by atoms with Crippen molar-refractivity contribution in [3.63, 3.8) is 0 Å². The van der Waals surface area contributed by atoms with Crippen molar-refractivity contribution < 1.29 is 18.3 Å². The van der Waals surface area contributed by atoms with Gasteiger partial charge in [-0.25, -0.2) is 0 Å². The van der Waals surface area contributed by atoms with E-state index in [1.165, 1.54) is 0 Å². The Labute approximate surface area is 54.0 Å². The van der Waals surface area contributed by atoms with Gasteiger partial charge in [0.05, 0.1) is 0 Å². The number of hydrogen-bond acceptors (Lipinski definition) is 0. The molecule has 0 saturated heterocycles. The average molecular weight is 180 g/mol. The van der Waals surface area contributed by atoms with E-state index in [0.717, 1.165) is 0 Å². The SMILES string of the molecule is C[C]1([Ru])C=CC=C1. The molecule has 1 heteroatoms. The van der Waals surface area contributed by atoms with Crippen molar-refractivity contribution in [3.8, 4) is 0 Å². The zero-order chi connectivity index (χ0) is 5.33. The minimum atomic E-state index is 0.263. The Kier molecular flexibility index (Phi) is 1.17. The zero-order valence-corrected chi connectivity index (χ0v) is 5.90. The second-order valence-corrected chi connectivity index (χ2v) is 3.72. The molecule has 1 aliphatic carbocycles. The van der Waals surface area contributed by atoms with Gasteiger partial charge >= 0.3 is 53.5 Å². The third kappa shape index (κ3) is 1.24.